The fraction of sp³-hybridized carbons (Fsp3) is 0.318. The van der Waals surface area contributed by atoms with Crippen molar-refractivity contribution in [3.63, 3.8) is 0 Å². The number of hydrogen-bond donors (Lipinski definition) is 0. The van der Waals surface area contributed by atoms with Crippen LogP contribution in [0.2, 0.25) is 0 Å². The Morgan fingerprint density at radius 2 is 1.90 bits per heavy atom. The van der Waals surface area contributed by atoms with E-state index < -0.39 is 30.1 Å². The van der Waals surface area contributed by atoms with E-state index in [2.05, 4.69) is 4.74 Å². The Morgan fingerprint density at radius 3 is 2.57 bits per heavy atom. The molecule has 30 heavy (non-hydrogen) atoms. The van der Waals surface area contributed by atoms with Crippen LogP contribution in [0.5, 0.6) is 0 Å². The Balaban J connectivity index is 1.87. The number of carbonyl (C=O) groups excluding carboxylic acids is 3. The third kappa shape index (κ3) is 4.82. The summed E-state index contributed by atoms with van der Waals surface area (Å²) in [5.41, 5.74) is 0.448. The Kier molecular flexibility index (Phi) is 6.76. The summed E-state index contributed by atoms with van der Waals surface area (Å²) in [5.74, 6) is -0.883. The van der Waals surface area contributed by atoms with Crippen molar-refractivity contribution in [2.75, 3.05) is 13.7 Å². The van der Waals surface area contributed by atoms with Gasteiger partial charge >= 0.3 is 12.1 Å². The summed E-state index contributed by atoms with van der Waals surface area (Å²) in [6.07, 6.45) is -3.56. The summed E-state index contributed by atoms with van der Waals surface area (Å²) in [7, 11) is 1.16. The van der Waals surface area contributed by atoms with E-state index >= 15 is 0 Å². The maximum Gasteiger partial charge on any atom is 0.410 e. The smallest absolute Gasteiger partial charge is 0.410 e. The van der Waals surface area contributed by atoms with Crippen LogP contribution in [0.15, 0.2) is 48.5 Å². The number of likely N-dealkylation sites (tertiary alicyclic amines) is 1. The highest BCUT2D eigenvalue weighted by molar-refractivity contribution is 5.90. The molecule has 1 aliphatic rings. The van der Waals surface area contributed by atoms with Crippen molar-refractivity contribution in [3.8, 4) is 0 Å². The number of alkyl halides is 2. The van der Waals surface area contributed by atoms with Crippen LogP contribution in [-0.4, -0.2) is 36.4 Å². The third-order valence-corrected chi connectivity index (χ3v) is 4.97. The van der Waals surface area contributed by atoms with E-state index in [9.17, 15) is 23.2 Å². The number of ether oxygens (including phenoxy) is 2. The Labute approximate surface area is 172 Å². The largest absolute Gasteiger partial charge is 0.465 e. The maximum absolute atomic E-state index is 13.8. The summed E-state index contributed by atoms with van der Waals surface area (Å²) in [6.45, 7) is 0.0956. The lowest BCUT2D eigenvalue weighted by Gasteiger charge is -2.35. The van der Waals surface area contributed by atoms with Crippen LogP contribution in [0.3, 0.4) is 0 Å². The van der Waals surface area contributed by atoms with E-state index in [4.69, 9.17) is 4.74 Å². The lowest BCUT2D eigenvalue weighted by molar-refractivity contribution is -0.122. The molecule has 2 aromatic carbocycles. The number of piperidine rings is 1. The summed E-state index contributed by atoms with van der Waals surface area (Å²) in [5, 5.41) is 0. The van der Waals surface area contributed by atoms with Gasteiger partial charge in [0, 0.05) is 24.9 Å². The lowest BCUT2D eigenvalue weighted by Crippen LogP contribution is -2.42. The monoisotopic (exact) mass is 417 g/mol. The minimum Gasteiger partial charge on any atom is -0.465 e. The molecule has 3 rings (SSSR count). The molecule has 1 fully saturated rings. The Bertz CT molecular complexity index is 932. The molecule has 0 spiro atoms. The van der Waals surface area contributed by atoms with E-state index in [0.29, 0.717) is 0 Å². The molecule has 8 heteroatoms. The van der Waals surface area contributed by atoms with Gasteiger partial charge in [0.05, 0.1) is 18.7 Å². The molecule has 158 valence electrons. The summed E-state index contributed by atoms with van der Waals surface area (Å²) >= 11 is 0. The first kappa shape index (κ1) is 21.4. The first-order valence-corrected chi connectivity index (χ1v) is 9.40. The molecule has 0 aromatic heterocycles. The van der Waals surface area contributed by atoms with Crippen molar-refractivity contribution >= 4 is 17.8 Å². The SMILES string of the molecule is COC(=O)c1ccc([C@@H]2CC(=O)CCN2C(=O)OCc2ccccc2)c(C(F)F)c1. The molecule has 0 saturated carbocycles. The number of amides is 1. The summed E-state index contributed by atoms with van der Waals surface area (Å²) < 4.78 is 37.4. The normalized spacial score (nSPS) is 16.5. The van der Waals surface area contributed by atoms with E-state index in [0.717, 1.165) is 18.7 Å². The molecule has 6 nitrogen and oxygen atoms in total. The van der Waals surface area contributed by atoms with Crippen molar-refractivity contribution in [1.29, 1.82) is 0 Å². The zero-order chi connectivity index (χ0) is 21.7. The molecular weight excluding hydrogens is 396 g/mol. The van der Waals surface area contributed by atoms with Crippen LogP contribution in [0, 0.1) is 0 Å². The molecule has 0 bridgehead atoms. The van der Waals surface area contributed by atoms with Crippen LogP contribution < -0.4 is 0 Å². The number of benzene rings is 2. The summed E-state index contributed by atoms with van der Waals surface area (Å²) in [4.78, 5) is 37.8. The highest BCUT2D eigenvalue weighted by Crippen LogP contribution is 2.36. The number of ketones is 1. The van der Waals surface area contributed by atoms with Gasteiger partial charge in [-0.15, -0.1) is 0 Å². The van der Waals surface area contributed by atoms with Gasteiger partial charge in [-0.2, -0.15) is 0 Å². The lowest BCUT2D eigenvalue weighted by atomic mass is 9.90. The number of rotatable bonds is 5. The van der Waals surface area contributed by atoms with Gasteiger partial charge in [0.2, 0.25) is 0 Å². The number of methoxy groups -OCH3 is 1. The second kappa shape index (κ2) is 9.47. The molecule has 0 unspecified atom stereocenters. The van der Waals surface area contributed by atoms with Crippen molar-refractivity contribution in [2.45, 2.75) is 31.9 Å². The fourth-order valence-corrected chi connectivity index (χ4v) is 3.44. The van der Waals surface area contributed by atoms with E-state index in [1.807, 2.05) is 18.2 Å². The van der Waals surface area contributed by atoms with Gasteiger partial charge in [-0.05, 0) is 23.3 Å². The number of halogens is 2. The van der Waals surface area contributed by atoms with Gasteiger partial charge in [-0.25, -0.2) is 18.4 Å². The van der Waals surface area contributed by atoms with E-state index in [1.54, 1.807) is 12.1 Å². The number of nitrogens with zero attached hydrogens (tertiary/aromatic N) is 1. The average molecular weight is 417 g/mol. The van der Waals surface area contributed by atoms with Gasteiger partial charge in [0.1, 0.15) is 12.4 Å². The quantitative estimate of drug-likeness (QED) is 0.672. The molecule has 0 radical (unpaired) electrons. The second-order valence-electron chi connectivity index (χ2n) is 6.88. The van der Waals surface area contributed by atoms with E-state index in [1.165, 1.54) is 17.0 Å². The molecule has 1 atom stereocenters. The number of hydrogen-bond acceptors (Lipinski definition) is 5. The van der Waals surface area contributed by atoms with Gasteiger partial charge < -0.3 is 14.4 Å². The number of carbonyl (C=O) groups is 3. The van der Waals surface area contributed by atoms with Crippen molar-refractivity contribution < 1.29 is 32.6 Å². The van der Waals surface area contributed by atoms with Crippen molar-refractivity contribution in [1.82, 2.24) is 4.90 Å². The second-order valence-corrected chi connectivity index (χ2v) is 6.88. The maximum atomic E-state index is 13.8. The van der Waals surface area contributed by atoms with Gasteiger partial charge in [-0.3, -0.25) is 4.79 Å². The minimum atomic E-state index is -2.90. The summed E-state index contributed by atoms with van der Waals surface area (Å²) in [6, 6.07) is 11.9. The first-order valence-electron chi connectivity index (χ1n) is 9.40. The minimum absolute atomic E-state index is 0.0276. The van der Waals surface area contributed by atoms with Gasteiger partial charge in [-0.1, -0.05) is 36.4 Å². The fourth-order valence-electron chi connectivity index (χ4n) is 3.44. The Hall–Kier alpha value is -3.29. The van der Waals surface area contributed by atoms with Crippen LogP contribution in [0.1, 0.15) is 52.4 Å². The molecule has 0 aliphatic carbocycles. The molecule has 0 N–H and O–H groups in total. The number of Topliss-reactive ketones (excluding diaryl/α,β-unsaturated/α-hetero) is 1. The standard InChI is InChI=1S/C22H21F2NO5/c1-29-21(27)15-7-8-17(18(11-15)20(23)24)19-12-16(26)9-10-25(19)22(28)30-13-14-5-3-2-4-6-14/h2-8,11,19-20H,9-10,12-13H2,1H3/t19-/m0/s1. The molecule has 1 aliphatic heterocycles. The predicted molar refractivity (Wildman–Crippen MR) is 103 cm³/mol. The van der Waals surface area contributed by atoms with Crippen LogP contribution in [0.25, 0.3) is 0 Å². The molecule has 1 saturated heterocycles. The molecular formula is C22H21F2NO5. The zero-order valence-corrected chi connectivity index (χ0v) is 16.3. The number of esters is 1. The van der Waals surface area contributed by atoms with Crippen LogP contribution in [-0.2, 0) is 20.9 Å². The highest BCUT2D eigenvalue weighted by atomic mass is 19.3. The van der Waals surface area contributed by atoms with Crippen molar-refractivity contribution in [2.24, 2.45) is 0 Å². The Morgan fingerprint density at radius 1 is 1.17 bits per heavy atom. The first-order chi connectivity index (χ1) is 14.4. The third-order valence-electron chi connectivity index (χ3n) is 4.97. The molecule has 2 aromatic rings. The predicted octanol–water partition coefficient (Wildman–Crippen LogP) is 4.45. The van der Waals surface area contributed by atoms with Crippen molar-refractivity contribution in [3.05, 3.63) is 70.8 Å². The van der Waals surface area contributed by atoms with Crippen LogP contribution in [0.4, 0.5) is 13.6 Å². The highest BCUT2D eigenvalue weighted by Gasteiger charge is 2.35. The van der Waals surface area contributed by atoms with Crippen LogP contribution >= 0.6 is 0 Å². The van der Waals surface area contributed by atoms with Gasteiger partial charge in [0.25, 0.3) is 6.43 Å². The molecule has 1 amide bonds. The van der Waals surface area contributed by atoms with E-state index in [-0.39, 0.29) is 42.9 Å². The average Bonchev–Trinajstić information content (AvgIpc) is 2.77. The topological polar surface area (TPSA) is 72.9 Å². The van der Waals surface area contributed by atoms with Gasteiger partial charge in [0.15, 0.2) is 0 Å². The zero-order valence-electron chi connectivity index (χ0n) is 16.3. The molecule has 1 heterocycles.